The van der Waals surface area contributed by atoms with Crippen LogP contribution in [-0.4, -0.2) is 9.13 Å². The quantitative estimate of drug-likeness (QED) is 0.211. The zero-order valence-corrected chi connectivity index (χ0v) is 23.0. The van der Waals surface area contributed by atoms with Gasteiger partial charge >= 0.3 is 0 Å². The fourth-order valence-corrected chi connectivity index (χ4v) is 7.71. The summed E-state index contributed by atoms with van der Waals surface area (Å²) in [6.45, 7) is 0. The molecule has 0 aliphatic rings. The molecule has 0 amide bonds. The number of benzene rings is 6. The maximum absolute atomic E-state index is 2.43. The summed E-state index contributed by atoms with van der Waals surface area (Å²) >= 11 is 1.89. The molecule has 0 spiro atoms. The Morgan fingerprint density at radius 3 is 1.66 bits per heavy atom. The highest BCUT2D eigenvalue weighted by Gasteiger charge is 2.19. The predicted octanol–water partition coefficient (Wildman–Crippen LogP) is 10.8. The van der Waals surface area contributed by atoms with Gasteiger partial charge in [0.2, 0.25) is 0 Å². The number of nitrogens with zero attached hydrogens (tertiary/aromatic N) is 2. The molecule has 3 aromatic heterocycles. The molecule has 0 bridgehead atoms. The number of thiophene rings is 1. The normalized spacial score (nSPS) is 11.9. The lowest BCUT2D eigenvalue weighted by molar-refractivity contribution is 1.18. The first-order valence-corrected chi connectivity index (χ1v) is 14.8. The van der Waals surface area contributed by atoms with Crippen molar-refractivity contribution in [3.63, 3.8) is 0 Å². The first-order chi connectivity index (χ1) is 20.3. The molecule has 9 rings (SSSR count). The predicted molar refractivity (Wildman–Crippen MR) is 176 cm³/mol. The van der Waals surface area contributed by atoms with Gasteiger partial charge in [-0.1, -0.05) is 84.9 Å². The number of aromatic nitrogens is 2. The zero-order valence-electron chi connectivity index (χ0n) is 22.2. The minimum atomic E-state index is 1.18. The first kappa shape index (κ1) is 22.7. The molecule has 2 nitrogen and oxygen atoms in total. The van der Waals surface area contributed by atoms with Gasteiger partial charge in [-0.3, -0.25) is 0 Å². The van der Waals surface area contributed by atoms with E-state index >= 15 is 0 Å². The summed E-state index contributed by atoms with van der Waals surface area (Å²) in [5.74, 6) is 0. The van der Waals surface area contributed by atoms with E-state index in [1.54, 1.807) is 0 Å². The van der Waals surface area contributed by atoms with E-state index in [9.17, 15) is 0 Å². The Morgan fingerprint density at radius 2 is 0.927 bits per heavy atom. The van der Waals surface area contributed by atoms with Crippen molar-refractivity contribution in [1.29, 1.82) is 0 Å². The van der Waals surface area contributed by atoms with Gasteiger partial charge in [-0.05, 0) is 71.8 Å². The van der Waals surface area contributed by atoms with E-state index in [2.05, 4.69) is 155 Å². The molecule has 41 heavy (non-hydrogen) atoms. The van der Waals surface area contributed by atoms with Crippen LogP contribution in [0.2, 0.25) is 0 Å². The topological polar surface area (TPSA) is 9.86 Å². The number of fused-ring (bicyclic) bond motifs is 8. The molecule has 3 heteroatoms. The van der Waals surface area contributed by atoms with E-state index < -0.39 is 0 Å². The molecule has 0 saturated heterocycles. The van der Waals surface area contributed by atoms with Crippen molar-refractivity contribution in [1.82, 2.24) is 9.13 Å². The van der Waals surface area contributed by atoms with Crippen molar-refractivity contribution in [3.8, 4) is 22.5 Å². The standard InChI is InChI=1S/C38H24N2S/c1-3-11-27(12-4-1)39-33-17-9-7-15-29(33)31-23-25(19-21-34(31)39)26-20-22-35-32(24-26)38-37(30-16-8-10-18-36(30)41-38)40(35)28-13-5-2-6-14-28/h1-24H. The number of para-hydroxylation sites is 3. The first-order valence-electron chi connectivity index (χ1n) is 14.0. The summed E-state index contributed by atoms with van der Waals surface area (Å²) in [5, 5.41) is 5.16. The lowest BCUT2D eigenvalue weighted by atomic mass is 10.0. The summed E-state index contributed by atoms with van der Waals surface area (Å²) < 4.78 is 7.47. The summed E-state index contributed by atoms with van der Waals surface area (Å²) in [6, 6.07) is 52.8. The van der Waals surface area contributed by atoms with Crippen molar-refractivity contribution in [3.05, 3.63) is 146 Å². The van der Waals surface area contributed by atoms with E-state index in [0.29, 0.717) is 0 Å². The Balaban J connectivity index is 1.30. The van der Waals surface area contributed by atoms with Gasteiger partial charge in [0.05, 0.1) is 26.8 Å². The maximum Gasteiger partial charge on any atom is 0.0727 e. The van der Waals surface area contributed by atoms with Crippen LogP contribution >= 0.6 is 11.3 Å². The van der Waals surface area contributed by atoms with Gasteiger partial charge in [0.15, 0.2) is 0 Å². The molecule has 3 heterocycles. The van der Waals surface area contributed by atoms with E-state index in [4.69, 9.17) is 0 Å². The lowest BCUT2D eigenvalue weighted by Crippen LogP contribution is -1.93. The average molecular weight is 541 g/mol. The second-order valence-electron chi connectivity index (χ2n) is 10.6. The average Bonchev–Trinajstić information content (AvgIpc) is 3.68. The molecular formula is C38H24N2S. The molecule has 0 radical (unpaired) electrons. The Bertz CT molecular complexity index is 2410. The van der Waals surface area contributed by atoms with Crippen LogP contribution in [0.15, 0.2) is 146 Å². The molecule has 0 unspecified atom stereocenters. The fraction of sp³-hybridized carbons (Fsp3) is 0. The number of rotatable bonds is 3. The third kappa shape index (κ3) is 3.30. The Hall–Kier alpha value is -5.12. The monoisotopic (exact) mass is 540 g/mol. The van der Waals surface area contributed by atoms with Crippen LogP contribution in [0, 0.1) is 0 Å². The van der Waals surface area contributed by atoms with Gasteiger partial charge in [0, 0.05) is 37.6 Å². The van der Waals surface area contributed by atoms with Crippen LogP contribution in [0.5, 0.6) is 0 Å². The second kappa shape index (κ2) is 8.69. The molecule has 9 aromatic rings. The van der Waals surface area contributed by atoms with Crippen molar-refractivity contribution < 1.29 is 0 Å². The molecule has 0 aliphatic carbocycles. The third-order valence-electron chi connectivity index (χ3n) is 8.31. The second-order valence-corrected chi connectivity index (χ2v) is 11.7. The minimum absolute atomic E-state index is 1.18. The largest absolute Gasteiger partial charge is 0.309 e. The van der Waals surface area contributed by atoms with Gasteiger partial charge in [0.1, 0.15) is 0 Å². The maximum atomic E-state index is 2.43. The van der Waals surface area contributed by atoms with Gasteiger partial charge in [-0.15, -0.1) is 11.3 Å². The lowest BCUT2D eigenvalue weighted by Gasteiger charge is -2.09. The molecular weight excluding hydrogens is 516 g/mol. The molecule has 192 valence electrons. The Morgan fingerprint density at radius 1 is 0.390 bits per heavy atom. The highest BCUT2D eigenvalue weighted by Crippen LogP contribution is 2.44. The fourth-order valence-electron chi connectivity index (χ4n) is 6.50. The van der Waals surface area contributed by atoms with Crippen LogP contribution < -0.4 is 0 Å². The summed E-state index contributed by atoms with van der Waals surface area (Å²) in [5.41, 5.74) is 9.84. The zero-order chi connectivity index (χ0) is 26.9. The summed E-state index contributed by atoms with van der Waals surface area (Å²) in [4.78, 5) is 0. The van der Waals surface area contributed by atoms with Crippen LogP contribution in [0.3, 0.4) is 0 Å². The Kier molecular flexibility index (Phi) is 4.80. The van der Waals surface area contributed by atoms with E-state index in [1.165, 1.54) is 75.5 Å². The molecule has 0 aliphatic heterocycles. The molecule has 0 saturated carbocycles. The van der Waals surface area contributed by atoms with Gasteiger partial charge in [-0.25, -0.2) is 0 Å². The van der Waals surface area contributed by atoms with Gasteiger partial charge in [0.25, 0.3) is 0 Å². The third-order valence-corrected chi connectivity index (χ3v) is 9.50. The van der Waals surface area contributed by atoms with E-state index in [-0.39, 0.29) is 0 Å². The summed E-state index contributed by atoms with van der Waals surface area (Å²) in [7, 11) is 0. The van der Waals surface area contributed by atoms with Crippen molar-refractivity contribution in [2.45, 2.75) is 0 Å². The smallest absolute Gasteiger partial charge is 0.0727 e. The number of hydrogen-bond donors (Lipinski definition) is 0. The van der Waals surface area contributed by atoms with Crippen LogP contribution in [0.1, 0.15) is 0 Å². The number of hydrogen-bond acceptors (Lipinski definition) is 1. The highest BCUT2D eigenvalue weighted by molar-refractivity contribution is 7.26. The van der Waals surface area contributed by atoms with Crippen LogP contribution in [0.25, 0.3) is 75.5 Å². The van der Waals surface area contributed by atoms with E-state index in [1.807, 2.05) is 11.3 Å². The van der Waals surface area contributed by atoms with Crippen LogP contribution in [0.4, 0.5) is 0 Å². The van der Waals surface area contributed by atoms with Crippen molar-refractivity contribution in [2.24, 2.45) is 0 Å². The van der Waals surface area contributed by atoms with Gasteiger partial charge < -0.3 is 9.13 Å². The molecule has 0 N–H and O–H groups in total. The van der Waals surface area contributed by atoms with Crippen molar-refractivity contribution >= 4 is 64.3 Å². The summed E-state index contributed by atoms with van der Waals surface area (Å²) in [6.07, 6.45) is 0. The molecule has 6 aromatic carbocycles. The minimum Gasteiger partial charge on any atom is -0.309 e. The molecule has 0 fully saturated rings. The SMILES string of the molecule is c1ccc(-n2c3ccccc3c3cc(-c4ccc5c(c4)c4sc6ccccc6c4n5-c4ccccc4)ccc32)cc1. The highest BCUT2D eigenvalue weighted by atomic mass is 32.1. The Labute approximate surface area is 240 Å². The van der Waals surface area contributed by atoms with E-state index in [0.717, 1.165) is 0 Å². The van der Waals surface area contributed by atoms with Gasteiger partial charge in [-0.2, -0.15) is 0 Å². The molecule has 0 atom stereocenters. The van der Waals surface area contributed by atoms with Crippen LogP contribution in [-0.2, 0) is 0 Å². The van der Waals surface area contributed by atoms with Crippen molar-refractivity contribution in [2.75, 3.05) is 0 Å².